The molecule has 126 valence electrons. The third kappa shape index (κ3) is 3.06. The maximum absolute atomic E-state index is 12.9. The Balaban J connectivity index is 1.86. The molecule has 4 aliphatic rings. The Bertz CT molecular complexity index is 452. The average Bonchev–Trinajstić information content (AvgIpc) is 2.20. The molecule has 0 amide bonds. The van der Waals surface area contributed by atoms with Crippen LogP contribution in [-0.2, 0) is 14.3 Å². The summed E-state index contributed by atoms with van der Waals surface area (Å²) in [5.74, 6) is 1.29. The SMILES string of the molecule is CC(C)(C)OC(=O)C12CC3CC(CC(OC(C)(C)C)(C3)C1)C2. The van der Waals surface area contributed by atoms with Gasteiger partial charge in [0.05, 0.1) is 16.6 Å². The smallest absolute Gasteiger partial charge is 0.312 e. The summed E-state index contributed by atoms with van der Waals surface area (Å²) >= 11 is 0. The van der Waals surface area contributed by atoms with Crippen molar-refractivity contribution < 1.29 is 14.3 Å². The molecule has 4 aliphatic carbocycles. The van der Waals surface area contributed by atoms with E-state index in [2.05, 4.69) is 20.8 Å². The molecule has 0 spiro atoms. The number of carbonyl (C=O) groups is 1. The molecule has 4 bridgehead atoms. The fourth-order valence-electron chi connectivity index (χ4n) is 5.57. The maximum atomic E-state index is 12.9. The first kappa shape index (κ1) is 16.3. The topological polar surface area (TPSA) is 35.5 Å². The number of rotatable bonds is 2. The Hall–Kier alpha value is -0.570. The van der Waals surface area contributed by atoms with Crippen LogP contribution in [0.5, 0.6) is 0 Å². The van der Waals surface area contributed by atoms with E-state index in [-0.39, 0.29) is 22.6 Å². The summed E-state index contributed by atoms with van der Waals surface area (Å²) in [6.45, 7) is 12.3. The fraction of sp³-hybridized carbons (Fsp3) is 0.947. The molecule has 0 aromatic rings. The lowest BCUT2D eigenvalue weighted by Gasteiger charge is -2.61. The van der Waals surface area contributed by atoms with E-state index in [0.717, 1.165) is 32.1 Å². The quantitative estimate of drug-likeness (QED) is 0.705. The van der Waals surface area contributed by atoms with Crippen molar-refractivity contribution >= 4 is 5.97 Å². The highest BCUT2D eigenvalue weighted by atomic mass is 16.6. The van der Waals surface area contributed by atoms with Gasteiger partial charge in [0.15, 0.2) is 0 Å². The van der Waals surface area contributed by atoms with E-state index in [1.54, 1.807) is 0 Å². The monoisotopic (exact) mass is 308 g/mol. The van der Waals surface area contributed by atoms with Crippen molar-refractivity contribution in [1.82, 2.24) is 0 Å². The summed E-state index contributed by atoms with van der Waals surface area (Å²) < 4.78 is 12.3. The van der Waals surface area contributed by atoms with Crippen LogP contribution < -0.4 is 0 Å². The van der Waals surface area contributed by atoms with Crippen LogP contribution in [-0.4, -0.2) is 22.8 Å². The first-order valence-corrected chi connectivity index (χ1v) is 8.84. The molecule has 0 aliphatic heterocycles. The molecule has 0 radical (unpaired) electrons. The molecule has 0 N–H and O–H groups in total. The van der Waals surface area contributed by atoms with Crippen molar-refractivity contribution in [2.24, 2.45) is 17.3 Å². The average molecular weight is 308 g/mol. The summed E-state index contributed by atoms with van der Waals surface area (Å²) in [7, 11) is 0. The molecule has 0 saturated heterocycles. The molecule has 3 heteroatoms. The molecule has 2 unspecified atom stereocenters. The van der Waals surface area contributed by atoms with Gasteiger partial charge in [-0.25, -0.2) is 0 Å². The Morgan fingerprint density at radius 3 is 1.91 bits per heavy atom. The van der Waals surface area contributed by atoms with Gasteiger partial charge in [0.2, 0.25) is 0 Å². The van der Waals surface area contributed by atoms with Gasteiger partial charge in [0.1, 0.15) is 5.60 Å². The van der Waals surface area contributed by atoms with Gasteiger partial charge >= 0.3 is 5.97 Å². The van der Waals surface area contributed by atoms with Gasteiger partial charge in [-0.3, -0.25) is 4.79 Å². The number of hydrogen-bond donors (Lipinski definition) is 0. The molecule has 0 aromatic carbocycles. The first-order valence-electron chi connectivity index (χ1n) is 8.84. The number of hydrogen-bond acceptors (Lipinski definition) is 3. The lowest BCUT2D eigenvalue weighted by Crippen LogP contribution is -2.61. The molecule has 0 aromatic heterocycles. The van der Waals surface area contributed by atoms with E-state index < -0.39 is 5.60 Å². The zero-order chi connectivity index (χ0) is 16.4. The zero-order valence-corrected chi connectivity index (χ0v) is 15.1. The van der Waals surface area contributed by atoms with Crippen molar-refractivity contribution in [2.45, 2.75) is 96.9 Å². The van der Waals surface area contributed by atoms with Crippen molar-refractivity contribution in [3.63, 3.8) is 0 Å². The Labute approximate surface area is 135 Å². The molecule has 22 heavy (non-hydrogen) atoms. The lowest BCUT2D eigenvalue weighted by molar-refractivity contribution is -0.240. The molecule has 4 saturated carbocycles. The third-order valence-electron chi connectivity index (χ3n) is 5.36. The lowest BCUT2D eigenvalue weighted by atomic mass is 9.47. The zero-order valence-electron chi connectivity index (χ0n) is 15.1. The Morgan fingerprint density at radius 1 is 0.909 bits per heavy atom. The van der Waals surface area contributed by atoms with E-state index in [4.69, 9.17) is 9.47 Å². The van der Waals surface area contributed by atoms with E-state index >= 15 is 0 Å². The van der Waals surface area contributed by atoms with E-state index in [9.17, 15) is 4.79 Å². The highest BCUT2D eigenvalue weighted by Gasteiger charge is 2.62. The van der Waals surface area contributed by atoms with Crippen LogP contribution in [0.4, 0.5) is 0 Å². The Kier molecular flexibility index (Phi) is 3.49. The number of carbonyl (C=O) groups excluding carboxylic acids is 1. The van der Waals surface area contributed by atoms with Gasteiger partial charge in [-0.1, -0.05) is 0 Å². The second-order valence-corrected chi connectivity index (χ2v) is 10.1. The summed E-state index contributed by atoms with van der Waals surface area (Å²) in [6.07, 6.45) is 6.41. The summed E-state index contributed by atoms with van der Waals surface area (Å²) in [6, 6.07) is 0. The molecular formula is C19H32O3. The van der Waals surface area contributed by atoms with Crippen molar-refractivity contribution in [3.05, 3.63) is 0 Å². The van der Waals surface area contributed by atoms with E-state index in [1.165, 1.54) is 6.42 Å². The second-order valence-electron chi connectivity index (χ2n) is 10.1. The van der Waals surface area contributed by atoms with Crippen LogP contribution in [0.15, 0.2) is 0 Å². The standard InChI is InChI=1S/C19H32O3/c1-16(2,3)21-15(20)18-8-13-7-14(9-18)11-19(10-13,12-18)22-17(4,5)6/h13-14H,7-12H2,1-6H3. The van der Waals surface area contributed by atoms with Crippen LogP contribution in [0.25, 0.3) is 0 Å². The van der Waals surface area contributed by atoms with Crippen molar-refractivity contribution in [2.75, 3.05) is 0 Å². The molecular weight excluding hydrogens is 276 g/mol. The molecule has 0 heterocycles. The predicted octanol–water partition coefficient (Wildman–Crippen LogP) is 4.48. The molecule has 4 fully saturated rings. The minimum atomic E-state index is -0.404. The van der Waals surface area contributed by atoms with Crippen LogP contribution >= 0.6 is 0 Å². The van der Waals surface area contributed by atoms with E-state index in [0.29, 0.717) is 11.8 Å². The largest absolute Gasteiger partial charge is 0.460 e. The maximum Gasteiger partial charge on any atom is 0.312 e. The number of esters is 1. The number of ether oxygens (including phenoxy) is 2. The van der Waals surface area contributed by atoms with Gasteiger partial charge in [0.25, 0.3) is 0 Å². The van der Waals surface area contributed by atoms with Gasteiger partial charge in [-0.05, 0) is 91.9 Å². The summed E-state index contributed by atoms with van der Waals surface area (Å²) in [5.41, 5.74) is -0.943. The van der Waals surface area contributed by atoms with Crippen LogP contribution in [0.3, 0.4) is 0 Å². The van der Waals surface area contributed by atoms with Gasteiger partial charge in [-0.15, -0.1) is 0 Å². The minimum Gasteiger partial charge on any atom is -0.460 e. The van der Waals surface area contributed by atoms with Crippen molar-refractivity contribution in [3.8, 4) is 0 Å². The van der Waals surface area contributed by atoms with E-state index in [1.807, 2.05) is 20.8 Å². The Morgan fingerprint density at radius 2 is 1.45 bits per heavy atom. The summed E-state index contributed by atoms with van der Waals surface area (Å²) in [5, 5.41) is 0. The predicted molar refractivity (Wildman–Crippen MR) is 86.5 cm³/mol. The normalized spacial score (nSPS) is 40.8. The van der Waals surface area contributed by atoms with Crippen LogP contribution in [0, 0.1) is 17.3 Å². The first-order chi connectivity index (χ1) is 9.91. The molecule has 3 nitrogen and oxygen atoms in total. The van der Waals surface area contributed by atoms with Gasteiger partial charge in [0, 0.05) is 0 Å². The highest BCUT2D eigenvalue weighted by molar-refractivity contribution is 5.78. The van der Waals surface area contributed by atoms with Gasteiger partial charge < -0.3 is 9.47 Å². The minimum absolute atomic E-state index is 0.0241. The highest BCUT2D eigenvalue weighted by Crippen LogP contribution is 2.63. The molecule has 2 atom stereocenters. The van der Waals surface area contributed by atoms with Crippen molar-refractivity contribution in [1.29, 1.82) is 0 Å². The van der Waals surface area contributed by atoms with Crippen LogP contribution in [0.1, 0.15) is 80.1 Å². The molecule has 4 rings (SSSR count). The van der Waals surface area contributed by atoms with Gasteiger partial charge in [-0.2, -0.15) is 0 Å². The van der Waals surface area contributed by atoms with Crippen LogP contribution in [0.2, 0.25) is 0 Å². The second kappa shape index (κ2) is 4.72. The fourth-order valence-corrected chi connectivity index (χ4v) is 5.57. The third-order valence-corrected chi connectivity index (χ3v) is 5.36. The summed E-state index contributed by atoms with van der Waals surface area (Å²) in [4.78, 5) is 12.9.